The fourth-order valence-electron chi connectivity index (χ4n) is 2.28. The van der Waals surface area contributed by atoms with Crippen LogP contribution < -0.4 is 5.32 Å². The Hall–Kier alpha value is -0.980. The number of rotatable bonds is 2. The Labute approximate surface area is 116 Å². The predicted molar refractivity (Wildman–Crippen MR) is 65.7 cm³/mol. The van der Waals surface area contributed by atoms with E-state index in [1.807, 2.05) is 0 Å². The standard InChI is InChI=1S/C12H13BrF3NO2/c13-10-9(5-6-19-10)11(18)17-8-3-1-7(2-4-8)12(14,15)16/h5-8H,1-4H2,(H,17,18). The van der Waals surface area contributed by atoms with Gasteiger partial charge in [-0.05, 0) is 47.7 Å². The topological polar surface area (TPSA) is 42.2 Å². The zero-order valence-electron chi connectivity index (χ0n) is 9.97. The summed E-state index contributed by atoms with van der Waals surface area (Å²) in [6.07, 6.45) is -1.90. The molecule has 1 aromatic rings. The first kappa shape index (κ1) is 14.4. The average molecular weight is 340 g/mol. The minimum absolute atomic E-state index is 0.0704. The molecule has 1 fully saturated rings. The summed E-state index contributed by atoms with van der Waals surface area (Å²) >= 11 is 3.09. The number of carbonyl (C=O) groups excluding carboxylic acids is 1. The van der Waals surface area contributed by atoms with Gasteiger partial charge in [-0.2, -0.15) is 13.2 Å². The van der Waals surface area contributed by atoms with E-state index < -0.39 is 12.1 Å². The predicted octanol–water partition coefficient (Wildman–Crippen LogP) is 3.89. The highest BCUT2D eigenvalue weighted by atomic mass is 79.9. The van der Waals surface area contributed by atoms with Crippen LogP contribution in [0.15, 0.2) is 21.4 Å². The largest absolute Gasteiger partial charge is 0.457 e. The third kappa shape index (κ3) is 3.52. The van der Waals surface area contributed by atoms with Gasteiger partial charge in [0.05, 0.1) is 17.7 Å². The Morgan fingerprint density at radius 2 is 1.95 bits per heavy atom. The maximum atomic E-state index is 12.5. The number of hydrogen-bond donors (Lipinski definition) is 1. The van der Waals surface area contributed by atoms with Gasteiger partial charge in [0.1, 0.15) is 0 Å². The van der Waals surface area contributed by atoms with Crippen molar-refractivity contribution in [3.8, 4) is 0 Å². The summed E-state index contributed by atoms with van der Waals surface area (Å²) in [4.78, 5) is 11.8. The van der Waals surface area contributed by atoms with Crippen LogP contribution in [0.1, 0.15) is 36.0 Å². The fourth-order valence-corrected chi connectivity index (χ4v) is 2.70. The van der Waals surface area contributed by atoms with Gasteiger partial charge >= 0.3 is 6.18 Å². The number of alkyl halides is 3. The molecule has 1 amide bonds. The lowest BCUT2D eigenvalue weighted by atomic mass is 9.85. The van der Waals surface area contributed by atoms with Crippen LogP contribution in [-0.2, 0) is 0 Å². The molecule has 0 aromatic carbocycles. The molecule has 1 aliphatic carbocycles. The maximum absolute atomic E-state index is 12.5. The van der Waals surface area contributed by atoms with Crippen molar-refractivity contribution in [1.82, 2.24) is 5.32 Å². The van der Waals surface area contributed by atoms with Crippen LogP contribution in [0.25, 0.3) is 0 Å². The van der Waals surface area contributed by atoms with Gasteiger partial charge in [-0.1, -0.05) is 0 Å². The SMILES string of the molecule is O=C(NC1CCC(C(F)(F)F)CC1)c1ccoc1Br. The second-order valence-electron chi connectivity index (χ2n) is 4.67. The molecule has 3 nitrogen and oxygen atoms in total. The Balaban J connectivity index is 1.86. The van der Waals surface area contributed by atoms with Crippen molar-refractivity contribution in [3.63, 3.8) is 0 Å². The number of carbonyl (C=O) groups is 1. The smallest absolute Gasteiger partial charge is 0.391 e. The average Bonchev–Trinajstić information content (AvgIpc) is 2.75. The molecular formula is C12H13BrF3NO2. The quantitative estimate of drug-likeness (QED) is 0.887. The number of nitrogens with one attached hydrogen (secondary N) is 1. The van der Waals surface area contributed by atoms with E-state index >= 15 is 0 Å². The van der Waals surface area contributed by atoms with Crippen LogP contribution in [0.3, 0.4) is 0 Å². The zero-order chi connectivity index (χ0) is 14.0. The van der Waals surface area contributed by atoms with Crippen LogP contribution in [0, 0.1) is 5.92 Å². The number of furan rings is 1. The van der Waals surface area contributed by atoms with Crippen LogP contribution in [0.4, 0.5) is 13.2 Å². The van der Waals surface area contributed by atoms with Crippen molar-refractivity contribution in [1.29, 1.82) is 0 Å². The number of hydrogen-bond acceptors (Lipinski definition) is 2. The molecule has 2 rings (SSSR count). The molecule has 0 saturated heterocycles. The van der Waals surface area contributed by atoms with Crippen LogP contribution in [0.2, 0.25) is 0 Å². The summed E-state index contributed by atoms with van der Waals surface area (Å²) in [6, 6.07) is 1.31. The van der Waals surface area contributed by atoms with E-state index in [0.29, 0.717) is 23.1 Å². The molecule has 0 bridgehead atoms. The lowest BCUT2D eigenvalue weighted by Crippen LogP contribution is -2.40. The molecule has 1 saturated carbocycles. The Morgan fingerprint density at radius 3 is 2.42 bits per heavy atom. The van der Waals surface area contributed by atoms with Gasteiger partial charge in [0.25, 0.3) is 5.91 Å². The summed E-state index contributed by atoms with van der Waals surface area (Å²) < 4.78 is 42.8. The normalized spacial score (nSPS) is 24.2. The van der Waals surface area contributed by atoms with E-state index in [4.69, 9.17) is 4.42 Å². The molecular weight excluding hydrogens is 327 g/mol. The molecule has 106 valence electrons. The van der Waals surface area contributed by atoms with Gasteiger partial charge < -0.3 is 9.73 Å². The monoisotopic (exact) mass is 339 g/mol. The molecule has 19 heavy (non-hydrogen) atoms. The minimum Gasteiger partial charge on any atom is -0.457 e. The van der Waals surface area contributed by atoms with E-state index in [0.717, 1.165) is 0 Å². The van der Waals surface area contributed by atoms with E-state index in [1.165, 1.54) is 12.3 Å². The molecule has 0 atom stereocenters. The Kier molecular flexibility index (Phi) is 4.23. The van der Waals surface area contributed by atoms with Gasteiger partial charge in [0, 0.05) is 6.04 Å². The van der Waals surface area contributed by atoms with Gasteiger partial charge in [0.2, 0.25) is 0 Å². The van der Waals surface area contributed by atoms with Gasteiger partial charge in [-0.25, -0.2) is 0 Å². The molecule has 1 N–H and O–H groups in total. The van der Waals surface area contributed by atoms with E-state index in [-0.39, 0.29) is 24.8 Å². The second-order valence-corrected chi connectivity index (χ2v) is 5.39. The van der Waals surface area contributed by atoms with Gasteiger partial charge in [-0.15, -0.1) is 0 Å². The van der Waals surface area contributed by atoms with Crippen molar-refractivity contribution in [2.45, 2.75) is 37.9 Å². The van der Waals surface area contributed by atoms with Gasteiger partial charge in [-0.3, -0.25) is 4.79 Å². The molecule has 1 aliphatic rings. The van der Waals surface area contributed by atoms with Crippen molar-refractivity contribution >= 4 is 21.8 Å². The fraction of sp³-hybridized carbons (Fsp3) is 0.583. The first-order valence-corrected chi connectivity index (χ1v) is 6.78. The summed E-state index contributed by atoms with van der Waals surface area (Å²) in [5, 5.41) is 2.74. The van der Waals surface area contributed by atoms with E-state index in [2.05, 4.69) is 21.2 Å². The maximum Gasteiger partial charge on any atom is 0.391 e. The molecule has 1 aromatic heterocycles. The van der Waals surface area contributed by atoms with E-state index in [9.17, 15) is 18.0 Å². The summed E-state index contributed by atoms with van der Waals surface area (Å²) in [6.45, 7) is 0. The zero-order valence-corrected chi connectivity index (χ0v) is 11.6. The molecule has 0 unspecified atom stereocenters. The van der Waals surface area contributed by atoms with E-state index in [1.54, 1.807) is 0 Å². The highest BCUT2D eigenvalue weighted by Gasteiger charge is 2.41. The van der Waals surface area contributed by atoms with Crippen molar-refractivity contribution < 1.29 is 22.4 Å². The Morgan fingerprint density at radius 1 is 1.32 bits per heavy atom. The third-order valence-electron chi connectivity index (χ3n) is 3.39. The first-order valence-electron chi connectivity index (χ1n) is 5.98. The van der Waals surface area contributed by atoms with Crippen molar-refractivity contribution in [2.75, 3.05) is 0 Å². The molecule has 0 spiro atoms. The van der Waals surface area contributed by atoms with Crippen molar-refractivity contribution in [3.05, 3.63) is 22.6 Å². The highest BCUT2D eigenvalue weighted by molar-refractivity contribution is 9.10. The van der Waals surface area contributed by atoms with Gasteiger partial charge in [0.15, 0.2) is 4.67 Å². The number of halogens is 4. The van der Waals surface area contributed by atoms with Crippen LogP contribution in [0.5, 0.6) is 0 Å². The lowest BCUT2D eigenvalue weighted by molar-refractivity contribution is -0.182. The third-order valence-corrected chi connectivity index (χ3v) is 4.00. The molecule has 1 heterocycles. The van der Waals surface area contributed by atoms with Crippen LogP contribution in [-0.4, -0.2) is 18.1 Å². The Bertz CT molecular complexity index is 450. The first-order chi connectivity index (χ1) is 8.88. The summed E-state index contributed by atoms with van der Waals surface area (Å²) in [5.74, 6) is -1.56. The second kappa shape index (κ2) is 5.56. The highest BCUT2D eigenvalue weighted by Crippen LogP contribution is 2.37. The lowest BCUT2D eigenvalue weighted by Gasteiger charge is -2.30. The molecule has 7 heteroatoms. The minimum atomic E-state index is -4.12. The summed E-state index contributed by atoms with van der Waals surface area (Å²) in [7, 11) is 0. The van der Waals surface area contributed by atoms with Crippen molar-refractivity contribution in [2.24, 2.45) is 5.92 Å². The molecule has 0 radical (unpaired) electrons. The molecule has 0 aliphatic heterocycles. The van der Waals surface area contributed by atoms with Crippen LogP contribution >= 0.6 is 15.9 Å². The summed E-state index contributed by atoms with van der Waals surface area (Å²) in [5.41, 5.74) is 0.359. The number of amides is 1.